The quantitative estimate of drug-likeness (QED) is 0.287. The monoisotopic (exact) mass is 320 g/mol. The first-order valence-electron chi connectivity index (χ1n) is 5.78. The minimum absolute atomic E-state index is 0.0372. The maximum absolute atomic E-state index is 12.5. The lowest BCUT2D eigenvalue weighted by molar-refractivity contribution is -0.384. The molecule has 8 nitrogen and oxygen atoms in total. The zero-order valence-corrected chi connectivity index (χ0v) is 11.2. The summed E-state index contributed by atoms with van der Waals surface area (Å²) < 4.78 is 42.1. The lowest BCUT2D eigenvalue weighted by Gasteiger charge is -2.08. The Hall–Kier alpha value is -2.85. The van der Waals surface area contributed by atoms with Crippen LogP contribution in [-0.2, 0) is 15.7 Å². The van der Waals surface area contributed by atoms with Crippen LogP contribution in [0.3, 0.4) is 0 Å². The normalized spacial score (nSPS) is 11.9. The molecule has 0 unspecified atom stereocenters. The molecule has 1 rings (SSSR count). The van der Waals surface area contributed by atoms with Crippen LogP contribution in [0.15, 0.2) is 23.3 Å². The number of hydrogen-bond donors (Lipinski definition) is 2. The average Bonchev–Trinajstić information content (AvgIpc) is 2.43. The molecule has 0 radical (unpaired) electrons. The molecule has 0 aromatic heterocycles. The summed E-state index contributed by atoms with van der Waals surface area (Å²) in [5.74, 6) is -1.60. The number of nitrogens with one attached hydrogen (secondary N) is 1. The Labute approximate surface area is 121 Å². The fourth-order valence-electron chi connectivity index (χ4n) is 1.32. The Morgan fingerprint density at radius 3 is 2.64 bits per heavy atom. The lowest BCUT2D eigenvalue weighted by Crippen LogP contribution is -2.27. The molecule has 0 aliphatic carbocycles. The van der Waals surface area contributed by atoms with Crippen molar-refractivity contribution in [3.63, 3.8) is 0 Å². The van der Waals surface area contributed by atoms with Crippen LogP contribution in [-0.4, -0.2) is 23.3 Å². The first kappa shape index (κ1) is 17.2. The zero-order valence-electron chi connectivity index (χ0n) is 11.2. The van der Waals surface area contributed by atoms with Gasteiger partial charge in [-0.3, -0.25) is 15.5 Å². The van der Waals surface area contributed by atoms with E-state index in [1.165, 1.54) is 6.92 Å². The van der Waals surface area contributed by atoms with Gasteiger partial charge in [0.05, 0.1) is 17.1 Å². The van der Waals surface area contributed by atoms with Crippen LogP contribution < -0.4 is 11.2 Å². The van der Waals surface area contributed by atoms with E-state index in [1.807, 2.05) is 0 Å². The number of hydrogen-bond acceptors (Lipinski definition) is 6. The molecule has 120 valence electrons. The maximum atomic E-state index is 12.5. The molecule has 1 aromatic carbocycles. The average molecular weight is 320 g/mol. The number of nitrogens with two attached hydrogens (primary N) is 1. The predicted octanol–water partition coefficient (Wildman–Crippen LogP) is 1.86. The molecule has 1 aromatic rings. The molecule has 0 amide bonds. The number of esters is 1. The predicted molar refractivity (Wildman–Crippen MR) is 70.0 cm³/mol. The van der Waals surface area contributed by atoms with Gasteiger partial charge in [-0.1, -0.05) is 0 Å². The number of nitro groups is 1. The van der Waals surface area contributed by atoms with Gasteiger partial charge in [0.25, 0.3) is 5.69 Å². The van der Waals surface area contributed by atoms with Gasteiger partial charge in [-0.05, 0) is 19.1 Å². The van der Waals surface area contributed by atoms with Crippen molar-refractivity contribution in [1.29, 1.82) is 0 Å². The highest BCUT2D eigenvalue weighted by Gasteiger charge is 2.33. The van der Waals surface area contributed by atoms with E-state index in [-0.39, 0.29) is 12.3 Å². The molecule has 0 spiro atoms. The number of rotatable bonds is 4. The standard InChI is InChI=1S/C11H11F3N4O4/c1-2-22-10(19)9(15)17-16-7-4-3-6(11(12,13)14)5-8(7)18(20)21/h3-5,16H,2H2,1H3,(H2,15,17). The van der Waals surface area contributed by atoms with E-state index in [2.05, 4.69) is 15.3 Å². The molecule has 0 saturated heterocycles. The molecule has 3 N–H and O–H groups in total. The molecule has 0 aliphatic rings. The molecule has 22 heavy (non-hydrogen) atoms. The van der Waals surface area contributed by atoms with Crippen molar-refractivity contribution < 1.29 is 27.6 Å². The third-order valence-electron chi connectivity index (χ3n) is 2.30. The van der Waals surface area contributed by atoms with Crippen LogP contribution in [0.1, 0.15) is 12.5 Å². The Balaban J connectivity index is 3.08. The number of carbonyl (C=O) groups excluding carboxylic acids is 1. The second-order valence-electron chi connectivity index (χ2n) is 3.82. The van der Waals surface area contributed by atoms with Crippen molar-refractivity contribution in [1.82, 2.24) is 0 Å². The summed E-state index contributed by atoms with van der Waals surface area (Å²) in [4.78, 5) is 21.0. The van der Waals surface area contributed by atoms with Gasteiger partial charge in [0.15, 0.2) is 0 Å². The van der Waals surface area contributed by atoms with Crippen molar-refractivity contribution in [2.75, 3.05) is 12.0 Å². The zero-order chi connectivity index (χ0) is 16.9. The van der Waals surface area contributed by atoms with E-state index >= 15 is 0 Å². The van der Waals surface area contributed by atoms with Crippen LogP contribution in [0.25, 0.3) is 0 Å². The molecule has 0 bridgehead atoms. The Bertz CT molecular complexity index is 616. The van der Waals surface area contributed by atoms with Crippen molar-refractivity contribution in [3.8, 4) is 0 Å². The highest BCUT2D eigenvalue weighted by atomic mass is 19.4. The van der Waals surface area contributed by atoms with Crippen LogP contribution in [0, 0.1) is 10.1 Å². The van der Waals surface area contributed by atoms with Crippen molar-refractivity contribution in [2.45, 2.75) is 13.1 Å². The SMILES string of the molecule is CCOC(=O)/C(N)=N\Nc1ccc(C(F)(F)F)cc1[N+](=O)[O-]. The number of ether oxygens (including phenoxy) is 1. The summed E-state index contributed by atoms with van der Waals surface area (Å²) in [6, 6.07) is 1.78. The summed E-state index contributed by atoms with van der Waals surface area (Å²) in [6.45, 7) is 1.56. The van der Waals surface area contributed by atoms with Crippen LogP contribution in [0.5, 0.6) is 0 Å². The van der Waals surface area contributed by atoms with Crippen LogP contribution in [0.4, 0.5) is 24.5 Å². The first-order valence-corrected chi connectivity index (χ1v) is 5.78. The maximum Gasteiger partial charge on any atom is 0.416 e. The minimum Gasteiger partial charge on any atom is -0.460 e. The Kier molecular flexibility index (Phi) is 5.27. The second-order valence-corrected chi connectivity index (χ2v) is 3.82. The fraction of sp³-hybridized carbons (Fsp3) is 0.273. The van der Waals surface area contributed by atoms with Crippen LogP contribution in [0.2, 0.25) is 0 Å². The van der Waals surface area contributed by atoms with Gasteiger partial charge >= 0.3 is 12.1 Å². The summed E-state index contributed by atoms with van der Waals surface area (Å²) in [6.07, 6.45) is -4.73. The molecule has 0 atom stereocenters. The molecule has 0 saturated carbocycles. The highest BCUT2D eigenvalue weighted by molar-refractivity contribution is 6.34. The number of alkyl halides is 3. The Morgan fingerprint density at radius 2 is 2.14 bits per heavy atom. The van der Waals surface area contributed by atoms with Gasteiger partial charge in [0.2, 0.25) is 5.84 Å². The first-order chi connectivity index (χ1) is 10.2. The summed E-state index contributed by atoms with van der Waals surface area (Å²) >= 11 is 0. The van der Waals surface area contributed by atoms with Gasteiger partial charge in [-0.15, -0.1) is 5.10 Å². The van der Waals surface area contributed by atoms with Crippen molar-refractivity contribution in [3.05, 3.63) is 33.9 Å². The van der Waals surface area contributed by atoms with Gasteiger partial charge in [0.1, 0.15) is 5.69 Å². The van der Waals surface area contributed by atoms with Crippen molar-refractivity contribution in [2.24, 2.45) is 10.8 Å². The molecule has 0 aliphatic heterocycles. The topological polar surface area (TPSA) is 120 Å². The van der Waals surface area contributed by atoms with Gasteiger partial charge in [-0.25, -0.2) is 4.79 Å². The summed E-state index contributed by atoms with van der Waals surface area (Å²) in [7, 11) is 0. The van der Waals surface area contributed by atoms with E-state index in [9.17, 15) is 28.1 Å². The van der Waals surface area contributed by atoms with E-state index < -0.39 is 34.2 Å². The smallest absolute Gasteiger partial charge is 0.416 e. The summed E-state index contributed by atoms with van der Waals surface area (Å²) in [5.41, 5.74) is 4.90. The number of amidine groups is 1. The molecular weight excluding hydrogens is 309 g/mol. The van der Waals surface area contributed by atoms with E-state index in [0.29, 0.717) is 12.1 Å². The van der Waals surface area contributed by atoms with Gasteiger partial charge < -0.3 is 10.5 Å². The molecular formula is C11H11F3N4O4. The van der Waals surface area contributed by atoms with Gasteiger partial charge in [0, 0.05) is 6.07 Å². The number of benzene rings is 1. The van der Waals surface area contributed by atoms with E-state index in [1.54, 1.807) is 0 Å². The molecule has 11 heteroatoms. The fourth-order valence-corrected chi connectivity index (χ4v) is 1.32. The van der Waals surface area contributed by atoms with E-state index in [4.69, 9.17) is 5.73 Å². The minimum atomic E-state index is -4.73. The summed E-state index contributed by atoms with van der Waals surface area (Å²) in [5, 5.41) is 14.1. The Morgan fingerprint density at radius 1 is 1.50 bits per heavy atom. The van der Waals surface area contributed by atoms with Crippen LogP contribution >= 0.6 is 0 Å². The number of carbonyl (C=O) groups is 1. The van der Waals surface area contributed by atoms with Crippen molar-refractivity contribution >= 4 is 23.2 Å². The van der Waals surface area contributed by atoms with E-state index in [0.717, 1.165) is 6.07 Å². The van der Waals surface area contributed by atoms with Gasteiger partial charge in [-0.2, -0.15) is 13.2 Å². The number of anilines is 1. The number of hydrazone groups is 1. The second kappa shape index (κ2) is 6.74. The number of nitrogens with zero attached hydrogens (tertiary/aromatic N) is 2. The lowest BCUT2D eigenvalue weighted by atomic mass is 10.1. The number of nitro benzene ring substituents is 1. The third-order valence-corrected chi connectivity index (χ3v) is 2.30. The molecule has 0 fully saturated rings. The largest absolute Gasteiger partial charge is 0.460 e. The number of halogens is 3. The molecule has 0 heterocycles. The third kappa shape index (κ3) is 4.33. The highest BCUT2D eigenvalue weighted by Crippen LogP contribution is 2.34.